The number of rotatable bonds is 12. The van der Waals surface area contributed by atoms with E-state index in [9.17, 15) is 19.4 Å². The normalized spacial score (nSPS) is 25.3. The van der Waals surface area contributed by atoms with Crippen LogP contribution in [0.1, 0.15) is 43.2 Å². The summed E-state index contributed by atoms with van der Waals surface area (Å²) in [5.41, 5.74) is 2.02. The Labute approximate surface area is 177 Å². The zero-order valence-electron chi connectivity index (χ0n) is 17.5. The summed E-state index contributed by atoms with van der Waals surface area (Å²) >= 11 is 0. The van der Waals surface area contributed by atoms with Crippen LogP contribution in [0.25, 0.3) is 0 Å². The molecule has 1 aromatic rings. The number of aliphatic carboxylic acids is 1. The third-order valence-corrected chi connectivity index (χ3v) is 5.51. The molecule has 1 saturated carbocycles. The molecule has 1 fully saturated rings. The van der Waals surface area contributed by atoms with E-state index in [1.807, 2.05) is 36.4 Å². The molecule has 6 heteroatoms. The first-order chi connectivity index (χ1) is 14.4. The van der Waals surface area contributed by atoms with Crippen molar-refractivity contribution in [1.29, 1.82) is 0 Å². The van der Waals surface area contributed by atoms with Gasteiger partial charge in [-0.25, -0.2) is 4.39 Å². The second kappa shape index (κ2) is 12.6. The minimum atomic E-state index is -1.10. The molecule has 0 amide bonds. The predicted octanol–water partition coefficient (Wildman–Crippen LogP) is 3.83. The van der Waals surface area contributed by atoms with E-state index in [-0.39, 0.29) is 24.7 Å². The standard InChI is InChI=1S/C24H33FO5/c1-30-16-18-8-6-7-17(13-18)14-19(26)11-12-21-20(22(25)15-23(21)27)9-4-2-3-5-10-24(28)29/h2,4,6-8,11-13,19-23,26-27H,3,5,9-10,14-16H2,1H3,(H,28,29)/t19-,20+,21+,22+,23+/m0/s1. The number of halogens is 1. The number of benzene rings is 1. The van der Waals surface area contributed by atoms with E-state index in [1.54, 1.807) is 19.3 Å². The molecule has 2 rings (SSSR count). The highest BCUT2D eigenvalue weighted by Crippen LogP contribution is 2.38. The SMILES string of the molecule is COCc1cccc(C[C@@H](O)C=C[C@@H]2[C@@H](CC=CCCCC(=O)O)[C@H](F)C[C@H]2O)c1. The summed E-state index contributed by atoms with van der Waals surface area (Å²) < 4.78 is 19.5. The van der Waals surface area contributed by atoms with Crippen molar-refractivity contribution in [2.24, 2.45) is 11.8 Å². The highest BCUT2D eigenvalue weighted by atomic mass is 19.1. The zero-order chi connectivity index (χ0) is 21.9. The molecule has 0 aliphatic heterocycles. The van der Waals surface area contributed by atoms with Crippen LogP contribution >= 0.6 is 0 Å². The summed E-state index contributed by atoms with van der Waals surface area (Å²) in [7, 11) is 1.64. The molecule has 30 heavy (non-hydrogen) atoms. The molecule has 166 valence electrons. The van der Waals surface area contributed by atoms with Crippen molar-refractivity contribution in [2.45, 2.75) is 63.5 Å². The van der Waals surface area contributed by atoms with Gasteiger partial charge in [0, 0.05) is 38.2 Å². The Balaban J connectivity index is 1.89. The summed E-state index contributed by atoms with van der Waals surface area (Å²) in [6, 6.07) is 7.81. The average molecular weight is 421 g/mol. The van der Waals surface area contributed by atoms with Crippen molar-refractivity contribution in [2.75, 3.05) is 7.11 Å². The fraction of sp³-hybridized carbons (Fsp3) is 0.542. The molecule has 5 atom stereocenters. The first kappa shape index (κ1) is 24.3. The topological polar surface area (TPSA) is 87.0 Å². The van der Waals surface area contributed by atoms with Crippen LogP contribution in [0.3, 0.4) is 0 Å². The van der Waals surface area contributed by atoms with Crippen molar-refractivity contribution in [1.82, 2.24) is 0 Å². The Morgan fingerprint density at radius 2 is 2.10 bits per heavy atom. The third-order valence-electron chi connectivity index (χ3n) is 5.51. The first-order valence-corrected chi connectivity index (χ1v) is 10.5. The van der Waals surface area contributed by atoms with Gasteiger partial charge in [-0.05, 0) is 30.4 Å². The first-order valence-electron chi connectivity index (χ1n) is 10.5. The molecular weight excluding hydrogens is 387 g/mol. The van der Waals surface area contributed by atoms with Crippen molar-refractivity contribution in [3.63, 3.8) is 0 Å². The van der Waals surface area contributed by atoms with Crippen molar-refractivity contribution in [3.05, 3.63) is 59.7 Å². The smallest absolute Gasteiger partial charge is 0.303 e. The maximum Gasteiger partial charge on any atom is 0.303 e. The number of allylic oxidation sites excluding steroid dienone is 2. The lowest BCUT2D eigenvalue weighted by Gasteiger charge is -2.19. The molecule has 1 aliphatic carbocycles. The largest absolute Gasteiger partial charge is 0.481 e. The van der Waals surface area contributed by atoms with Crippen LogP contribution in [0.4, 0.5) is 4.39 Å². The molecule has 1 aliphatic rings. The zero-order valence-corrected chi connectivity index (χ0v) is 17.5. The summed E-state index contributed by atoms with van der Waals surface area (Å²) in [5, 5.41) is 29.3. The van der Waals surface area contributed by atoms with Gasteiger partial charge < -0.3 is 20.1 Å². The van der Waals surface area contributed by atoms with Gasteiger partial charge in [0.05, 0.1) is 18.8 Å². The number of carbonyl (C=O) groups is 1. The van der Waals surface area contributed by atoms with E-state index >= 15 is 0 Å². The summed E-state index contributed by atoms with van der Waals surface area (Å²) in [6.07, 6.45) is 6.89. The van der Waals surface area contributed by atoms with Gasteiger partial charge in [0.2, 0.25) is 0 Å². The van der Waals surface area contributed by atoms with Gasteiger partial charge in [-0.15, -0.1) is 0 Å². The van der Waals surface area contributed by atoms with Crippen LogP contribution in [0.5, 0.6) is 0 Å². The van der Waals surface area contributed by atoms with Crippen molar-refractivity contribution in [3.8, 4) is 0 Å². The number of methoxy groups -OCH3 is 1. The van der Waals surface area contributed by atoms with Gasteiger partial charge in [-0.3, -0.25) is 4.79 Å². The van der Waals surface area contributed by atoms with Crippen LogP contribution in [0.2, 0.25) is 0 Å². The number of carboxylic acid groups (broad SMARTS) is 1. The van der Waals surface area contributed by atoms with Crippen LogP contribution < -0.4 is 0 Å². The minimum Gasteiger partial charge on any atom is -0.481 e. The third kappa shape index (κ3) is 8.01. The molecule has 0 radical (unpaired) electrons. The number of alkyl halides is 1. The summed E-state index contributed by atoms with van der Waals surface area (Å²) in [5.74, 6) is -1.51. The van der Waals surface area contributed by atoms with Crippen LogP contribution in [0, 0.1) is 11.8 Å². The number of carboxylic acids is 1. The number of hydrogen-bond donors (Lipinski definition) is 3. The van der Waals surface area contributed by atoms with Crippen molar-refractivity contribution < 1.29 is 29.2 Å². The number of aliphatic hydroxyl groups excluding tert-OH is 2. The second-order valence-corrected chi connectivity index (χ2v) is 7.96. The molecule has 0 spiro atoms. The molecule has 5 nitrogen and oxygen atoms in total. The Hall–Kier alpha value is -2.02. The summed E-state index contributed by atoms with van der Waals surface area (Å²) in [6.45, 7) is 0.511. The van der Waals surface area contributed by atoms with Gasteiger partial charge in [0.15, 0.2) is 0 Å². The lowest BCUT2D eigenvalue weighted by atomic mass is 9.89. The van der Waals surface area contributed by atoms with Gasteiger partial charge >= 0.3 is 5.97 Å². The fourth-order valence-corrected chi connectivity index (χ4v) is 3.99. The van der Waals surface area contributed by atoms with Gasteiger partial charge in [0.1, 0.15) is 6.17 Å². The van der Waals surface area contributed by atoms with Crippen molar-refractivity contribution >= 4 is 5.97 Å². The Morgan fingerprint density at radius 3 is 2.83 bits per heavy atom. The lowest BCUT2D eigenvalue weighted by molar-refractivity contribution is -0.137. The van der Waals surface area contributed by atoms with Crippen LogP contribution in [0.15, 0.2) is 48.6 Å². The molecule has 0 unspecified atom stereocenters. The predicted molar refractivity (Wildman–Crippen MR) is 114 cm³/mol. The lowest BCUT2D eigenvalue weighted by Crippen LogP contribution is -2.19. The Bertz CT molecular complexity index is 717. The molecule has 0 heterocycles. The number of ether oxygens (including phenoxy) is 1. The van der Waals surface area contributed by atoms with Gasteiger partial charge in [-0.2, -0.15) is 0 Å². The van der Waals surface area contributed by atoms with E-state index in [2.05, 4.69) is 0 Å². The highest BCUT2D eigenvalue weighted by molar-refractivity contribution is 5.66. The van der Waals surface area contributed by atoms with E-state index in [0.717, 1.165) is 11.1 Å². The second-order valence-electron chi connectivity index (χ2n) is 7.96. The van der Waals surface area contributed by atoms with E-state index in [4.69, 9.17) is 9.84 Å². The quantitative estimate of drug-likeness (QED) is 0.353. The monoisotopic (exact) mass is 420 g/mol. The molecule has 0 aromatic heterocycles. The van der Waals surface area contributed by atoms with E-state index in [0.29, 0.717) is 32.3 Å². The Morgan fingerprint density at radius 1 is 1.33 bits per heavy atom. The molecule has 0 bridgehead atoms. The number of aliphatic hydroxyl groups is 2. The minimum absolute atomic E-state index is 0.0989. The van der Waals surface area contributed by atoms with Crippen LogP contribution in [-0.4, -0.2) is 46.8 Å². The maximum atomic E-state index is 14.4. The Kier molecular flexibility index (Phi) is 10.2. The number of unbranched alkanes of at least 4 members (excludes halogenated alkanes) is 1. The molecule has 0 saturated heterocycles. The number of hydrogen-bond acceptors (Lipinski definition) is 4. The fourth-order valence-electron chi connectivity index (χ4n) is 3.99. The summed E-state index contributed by atoms with van der Waals surface area (Å²) in [4.78, 5) is 10.5. The average Bonchev–Trinajstić information content (AvgIpc) is 2.95. The molecule has 1 aromatic carbocycles. The van der Waals surface area contributed by atoms with Gasteiger partial charge in [-0.1, -0.05) is 48.6 Å². The maximum absolute atomic E-state index is 14.4. The highest BCUT2D eigenvalue weighted by Gasteiger charge is 2.40. The van der Waals surface area contributed by atoms with E-state index in [1.165, 1.54) is 0 Å². The van der Waals surface area contributed by atoms with Crippen LogP contribution in [-0.2, 0) is 22.6 Å². The molecule has 3 N–H and O–H groups in total. The molecular formula is C24H33FO5. The van der Waals surface area contributed by atoms with Gasteiger partial charge in [0.25, 0.3) is 0 Å². The van der Waals surface area contributed by atoms with E-state index < -0.39 is 24.3 Å².